The molecule has 1 aromatic rings. The topological polar surface area (TPSA) is 96.7 Å². The molecule has 0 heterocycles. The molecule has 0 radical (unpaired) electrons. The molecule has 2 N–H and O–H groups in total. The minimum Gasteiger partial charge on any atom is -0.493 e. The third-order valence-electron chi connectivity index (χ3n) is 2.79. The molecule has 0 saturated heterocycles. The molecule has 6 nitrogen and oxygen atoms in total. The van der Waals surface area contributed by atoms with Crippen molar-refractivity contribution in [2.45, 2.75) is 19.8 Å². The fourth-order valence-corrected chi connectivity index (χ4v) is 1.65. The maximum atomic E-state index is 11.6. The first-order valence-corrected chi connectivity index (χ1v) is 6.62. The number of rotatable bonds is 8. The summed E-state index contributed by atoms with van der Waals surface area (Å²) in [6.07, 6.45) is 0.658. The van der Waals surface area contributed by atoms with Crippen molar-refractivity contribution < 1.29 is 24.2 Å². The zero-order valence-corrected chi connectivity index (χ0v) is 12.1. The molecule has 0 saturated carbocycles. The molecule has 6 heteroatoms. The number of benzene rings is 1. The molecule has 0 amide bonds. The number of aliphatic hydroxyl groups is 1. The molecule has 0 fully saturated rings. The van der Waals surface area contributed by atoms with Crippen LogP contribution in [-0.2, 0) is 9.53 Å². The van der Waals surface area contributed by atoms with E-state index in [0.717, 1.165) is 0 Å². The number of esters is 1. The largest absolute Gasteiger partial charge is 0.493 e. The SMILES string of the molecule is CCC(=O)C(=N)c1cc(OCCCO)cc(C(=O)OC)c1. The normalized spacial score (nSPS) is 10.0. The third-order valence-corrected chi connectivity index (χ3v) is 2.79. The van der Waals surface area contributed by atoms with Gasteiger partial charge in [-0.1, -0.05) is 6.92 Å². The number of carbonyl (C=O) groups is 2. The quantitative estimate of drug-likeness (QED) is 0.431. The van der Waals surface area contributed by atoms with Crippen LogP contribution < -0.4 is 4.74 Å². The number of hydrogen-bond acceptors (Lipinski definition) is 6. The van der Waals surface area contributed by atoms with Gasteiger partial charge in [0.25, 0.3) is 0 Å². The molecular formula is C15H19NO5. The summed E-state index contributed by atoms with van der Waals surface area (Å²) in [6, 6.07) is 4.44. The van der Waals surface area contributed by atoms with E-state index in [0.29, 0.717) is 17.7 Å². The number of hydrogen-bond donors (Lipinski definition) is 2. The van der Waals surface area contributed by atoms with E-state index < -0.39 is 5.97 Å². The molecule has 0 aromatic heterocycles. The summed E-state index contributed by atoms with van der Waals surface area (Å²) < 4.78 is 10.1. The molecule has 1 rings (SSSR count). The van der Waals surface area contributed by atoms with Gasteiger partial charge >= 0.3 is 5.97 Å². The first-order chi connectivity index (χ1) is 10.0. The molecule has 0 aliphatic carbocycles. The summed E-state index contributed by atoms with van der Waals surface area (Å²) in [5.74, 6) is -0.533. The van der Waals surface area contributed by atoms with Gasteiger partial charge in [-0.05, 0) is 18.2 Å². The van der Waals surface area contributed by atoms with Crippen LogP contribution in [0.5, 0.6) is 5.75 Å². The van der Waals surface area contributed by atoms with Gasteiger partial charge < -0.3 is 14.6 Å². The summed E-state index contributed by atoms with van der Waals surface area (Å²) >= 11 is 0. The molecule has 21 heavy (non-hydrogen) atoms. The highest BCUT2D eigenvalue weighted by Crippen LogP contribution is 2.19. The number of aliphatic hydroxyl groups excluding tert-OH is 1. The van der Waals surface area contributed by atoms with Crippen LogP contribution in [0.25, 0.3) is 0 Å². The maximum Gasteiger partial charge on any atom is 0.338 e. The van der Waals surface area contributed by atoms with Crippen LogP contribution in [0.3, 0.4) is 0 Å². The Morgan fingerprint density at radius 1 is 1.24 bits per heavy atom. The van der Waals surface area contributed by atoms with Gasteiger partial charge in [-0.15, -0.1) is 0 Å². The van der Waals surface area contributed by atoms with Crippen LogP contribution in [-0.4, -0.2) is 42.9 Å². The average molecular weight is 293 g/mol. The lowest BCUT2D eigenvalue weighted by molar-refractivity contribution is -0.112. The van der Waals surface area contributed by atoms with E-state index >= 15 is 0 Å². The molecular weight excluding hydrogens is 274 g/mol. The van der Waals surface area contributed by atoms with E-state index in [1.807, 2.05) is 0 Å². The van der Waals surface area contributed by atoms with Gasteiger partial charge in [0.15, 0.2) is 5.78 Å². The predicted molar refractivity (Wildman–Crippen MR) is 77.1 cm³/mol. The van der Waals surface area contributed by atoms with Gasteiger partial charge in [-0.3, -0.25) is 10.2 Å². The van der Waals surface area contributed by atoms with Gasteiger partial charge in [0.05, 0.1) is 19.3 Å². The minimum atomic E-state index is -0.569. The van der Waals surface area contributed by atoms with Gasteiger partial charge in [-0.2, -0.15) is 0 Å². The monoisotopic (exact) mass is 293 g/mol. The van der Waals surface area contributed by atoms with E-state index in [4.69, 9.17) is 15.3 Å². The molecule has 0 atom stereocenters. The molecule has 1 aromatic carbocycles. The van der Waals surface area contributed by atoms with Crippen LogP contribution in [0.1, 0.15) is 35.7 Å². The molecule has 0 aliphatic heterocycles. The number of methoxy groups -OCH3 is 1. The third kappa shape index (κ3) is 4.68. The Morgan fingerprint density at radius 2 is 1.90 bits per heavy atom. The summed E-state index contributed by atoms with van der Waals surface area (Å²) in [4.78, 5) is 23.3. The van der Waals surface area contributed by atoms with E-state index in [9.17, 15) is 9.59 Å². The van der Waals surface area contributed by atoms with Crippen LogP contribution in [0.15, 0.2) is 18.2 Å². The van der Waals surface area contributed by atoms with E-state index in [1.54, 1.807) is 6.92 Å². The molecule has 0 spiro atoms. The number of ether oxygens (including phenoxy) is 2. The first kappa shape index (κ1) is 16.8. The Morgan fingerprint density at radius 3 is 2.48 bits per heavy atom. The fourth-order valence-electron chi connectivity index (χ4n) is 1.65. The van der Waals surface area contributed by atoms with Crippen molar-refractivity contribution in [1.82, 2.24) is 0 Å². The zero-order valence-electron chi connectivity index (χ0n) is 12.1. The summed E-state index contributed by atoms with van der Waals surface area (Å²) in [5, 5.41) is 16.6. The minimum absolute atomic E-state index is 0.00626. The van der Waals surface area contributed by atoms with Gasteiger partial charge in [-0.25, -0.2) is 4.79 Å². The van der Waals surface area contributed by atoms with Crippen LogP contribution in [0, 0.1) is 5.41 Å². The number of ketones is 1. The standard InChI is InChI=1S/C15H19NO5/c1-3-13(18)14(16)10-7-11(15(19)20-2)9-12(8-10)21-6-4-5-17/h7-9,16-17H,3-6H2,1-2H3. The molecule has 0 unspecified atom stereocenters. The summed E-state index contributed by atoms with van der Waals surface area (Å²) in [7, 11) is 1.25. The molecule has 0 aliphatic rings. The Bertz CT molecular complexity index is 539. The maximum absolute atomic E-state index is 11.6. The molecule has 114 valence electrons. The van der Waals surface area contributed by atoms with E-state index in [1.165, 1.54) is 25.3 Å². The van der Waals surface area contributed by atoms with Crippen molar-refractivity contribution in [2.75, 3.05) is 20.3 Å². The van der Waals surface area contributed by atoms with Gasteiger partial charge in [0.2, 0.25) is 0 Å². The van der Waals surface area contributed by atoms with Crippen molar-refractivity contribution in [3.05, 3.63) is 29.3 Å². The van der Waals surface area contributed by atoms with Crippen LogP contribution >= 0.6 is 0 Å². The Kier molecular flexibility index (Phi) is 6.55. The highest BCUT2D eigenvalue weighted by molar-refractivity contribution is 6.45. The smallest absolute Gasteiger partial charge is 0.338 e. The highest BCUT2D eigenvalue weighted by Gasteiger charge is 2.15. The average Bonchev–Trinajstić information content (AvgIpc) is 2.52. The summed E-state index contributed by atoms with van der Waals surface area (Å²) in [5.41, 5.74) is 0.349. The molecule has 0 bridgehead atoms. The van der Waals surface area contributed by atoms with Crippen molar-refractivity contribution in [1.29, 1.82) is 5.41 Å². The van der Waals surface area contributed by atoms with Crippen LogP contribution in [0.2, 0.25) is 0 Å². The lowest BCUT2D eigenvalue weighted by Crippen LogP contribution is -2.14. The Hall–Kier alpha value is -2.21. The second kappa shape index (κ2) is 8.16. The van der Waals surface area contributed by atoms with Crippen molar-refractivity contribution >= 4 is 17.5 Å². The first-order valence-electron chi connectivity index (χ1n) is 6.62. The number of Topliss-reactive ketones (excluding diaryl/α,β-unsaturated/α-hetero) is 1. The van der Waals surface area contributed by atoms with E-state index in [2.05, 4.69) is 4.74 Å². The highest BCUT2D eigenvalue weighted by atomic mass is 16.5. The Labute approximate surface area is 123 Å². The van der Waals surface area contributed by atoms with Crippen molar-refractivity contribution in [2.24, 2.45) is 0 Å². The lowest BCUT2D eigenvalue weighted by Gasteiger charge is -2.10. The van der Waals surface area contributed by atoms with Crippen LogP contribution in [0.4, 0.5) is 0 Å². The second-order valence-corrected chi connectivity index (χ2v) is 4.31. The van der Waals surface area contributed by atoms with E-state index in [-0.39, 0.29) is 36.7 Å². The van der Waals surface area contributed by atoms with Crippen molar-refractivity contribution in [3.8, 4) is 5.75 Å². The lowest BCUT2D eigenvalue weighted by atomic mass is 10.0. The van der Waals surface area contributed by atoms with Crippen molar-refractivity contribution in [3.63, 3.8) is 0 Å². The second-order valence-electron chi connectivity index (χ2n) is 4.31. The number of nitrogens with one attached hydrogen (secondary N) is 1. The summed E-state index contributed by atoms with van der Waals surface area (Å²) in [6.45, 7) is 1.93. The van der Waals surface area contributed by atoms with Gasteiger partial charge in [0, 0.05) is 25.0 Å². The Balaban J connectivity index is 3.11. The van der Waals surface area contributed by atoms with Gasteiger partial charge in [0.1, 0.15) is 11.5 Å². The predicted octanol–water partition coefficient (Wildman–Crippen LogP) is 1.58. The number of carbonyl (C=O) groups excluding carboxylic acids is 2. The zero-order chi connectivity index (χ0) is 15.8. The fraction of sp³-hybridized carbons (Fsp3) is 0.400.